The van der Waals surface area contributed by atoms with E-state index in [-0.39, 0.29) is 10.6 Å². The number of hydrogen-bond donors (Lipinski definition) is 0. The van der Waals surface area contributed by atoms with E-state index in [4.69, 9.17) is 13.0 Å². The van der Waals surface area contributed by atoms with Gasteiger partial charge in [-0.25, -0.2) is 8.42 Å². The highest BCUT2D eigenvalue weighted by molar-refractivity contribution is 7.86. The van der Waals surface area contributed by atoms with Crippen LogP contribution in [0.15, 0.2) is 127 Å². The maximum Gasteiger partial charge on any atom is 0.485 e. The summed E-state index contributed by atoms with van der Waals surface area (Å²) in [4.78, 5) is 10.9. The van der Waals surface area contributed by atoms with Crippen LogP contribution in [0.1, 0.15) is 5.56 Å². The molecule has 0 spiro atoms. The number of hydrogen-bond acceptors (Lipinski definition) is 5. The number of nitro benzene ring substituents is 1. The zero-order chi connectivity index (χ0) is 30.3. The van der Waals surface area contributed by atoms with Crippen LogP contribution in [-0.2, 0) is 16.7 Å². The monoisotopic (exact) mass is 592 g/mol. The summed E-state index contributed by atoms with van der Waals surface area (Å²) in [5.74, 6) is 0. The number of halogens is 3. The molecular formula is C31H23F3N2O5S. The highest BCUT2D eigenvalue weighted by Gasteiger charge is 2.37. The van der Waals surface area contributed by atoms with Gasteiger partial charge in [0.25, 0.3) is 5.69 Å². The van der Waals surface area contributed by atoms with Crippen LogP contribution in [-0.4, -0.2) is 23.4 Å². The third-order valence-corrected chi connectivity index (χ3v) is 6.75. The van der Waals surface area contributed by atoms with Crippen molar-refractivity contribution in [1.29, 1.82) is 0 Å². The van der Waals surface area contributed by atoms with Crippen LogP contribution < -0.4 is 4.57 Å². The summed E-state index contributed by atoms with van der Waals surface area (Å²) in [6, 6.07) is 42.2. The van der Waals surface area contributed by atoms with Gasteiger partial charge in [0.2, 0.25) is 11.4 Å². The Morgan fingerprint density at radius 1 is 0.643 bits per heavy atom. The number of alkyl halides is 3. The van der Waals surface area contributed by atoms with E-state index in [1.807, 2.05) is 66.7 Å². The van der Waals surface area contributed by atoms with Crippen molar-refractivity contribution in [2.45, 2.75) is 12.1 Å². The molecule has 0 N–H and O–H groups in total. The molecule has 7 nitrogen and oxygen atoms in total. The van der Waals surface area contributed by atoms with Gasteiger partial charge in [-0.05, 0) is 35.4 Å². The van der Waals surface area contributed by atoms with E-state index < -0.39 is 15.6 Å². The molecule has 5 rings (SSSR count). The summed E-state index contributed by atoms with van der Waals surface area (Å²) in [6.07, 6.45) is 0. The van der Waals surface area contributed by atoms with Crippen molar-refractivity contribution < 1.29 is 35.6 Å². The lowest BCUT2D eigenvalue weighted by atomic mass is 9.98. The second-order valence-electron chi connectivity index (χ2n) is 9.02. The molecule has 0 saturated heterocycles. The smallest absolute Gasteiger partial charge is 0.485 e. The van der Waals surface area contributed by atoms with Gasteiger partial charge in [0.1, 0.15) is 0 Å². The first-order chi connectivity index (χ1) is 19.9. The molecule has 11 heteroatoms. The summed E-state index contributed by atoms with van der Waals surface area (Å²) in [5.41, 5.74) is 1.95. The fraction of sp³-hybridized carbons (Fsp3) is 0.0645. The normalized spacial score (nSPS) is 11.3. The Kier molecular flexibility index (Phi) is 9.14. The molecule has 0 unspecified atom stereocenters. The van der Waals surface area contributed by atoms with Crippen LogP contribution in [0.2, 0.25) is 0 Å². The first-order valence-electron chi connectivity index (χ1n) is 12.4. The number of nitrogens with zero attached hydrogens (tertiary/aromatic N) is 2. The molecule has 0 fully saturated rings. The maximum absolute atomic E-state index is 11.2. The van der Waals surface area contributed by atoms with Gasteiger partial charge in [0, 0.05) is 41.0 Å². The molecule has 5 aromatic rings. The third-order valence-electron chi connectivity index (χ3n) is 6.18. The molecule has 0 amide bonds. The fourth-order valence-electron chi connectivity index (χ4n) is 4.20. The predicted octanol–water partition coefficient (Wildman–Crippen LogP) is 6.98. The number of pyridine rings is 1. The summed E-state index contributed by atoms with van der Waals surface area (Å²) in [6.45, 7) is 0.673. The molecule has 0 atom stereocenters. The van der Waals surface area contributed by atoms with Crippen LogP contribution in [0.5, 0.6) is 0 Å². The van der Waals surface area contributed by atoms with Gasteiger partial charge in [-0.2, -0.15) is 17.7 Å². The van der Waals surface area contributed by atoms with E-state index in [9.17, 15) is 23.3 Å². The summed E-state index contributed by atoms with van der Waals surface area (Å²) < 4.78 is 61.2. The van der Waals surface area contributed by atoms with E-state index in [1.54, 1.807) is 12.1 Å². The van der Waals surface area contributed by atoms with Gasteiger partial charge < -0.3 is 4.55 Å². The van der Waals surface area contributed by atoms with E-state index in [1.165, 1.54) is 5.56 Å². The van der Waals surface area contributed by atoms with Gasteiger partial charge in [0.15, 0.2) is 16.7 Å². The van der Waals surface area contributed by atoms with Crippen LogP contribution >= 0.6 is 0 Å². The molecule has 0 bridgehead atoms. The Labute approximate surface area is 240 Å². The van der Waals surface area contributed by atoms with Gasteiger partial charge in [-0.1, -0.05) is 78.9 Å². The lowest BCUT2D eigenvalue weighted by Crippen LogP contribution is -2.39. The van der Waals surface area contributed by atoms with Gasteiger partial charge >= 0.3 is 5.51 Å². The predicted molar refractivity (Wildman–Crippen MR) is 151 cm³/mol. The molecule has 0 aliphatic carbocycles. The quantitative estimate of drug-likeness (QED) is 0.0696. The molecule has 1 heterocycles. The Bertz CT molecular complexity index is 1770. The van der Waals surface area contributed by atoms with Crippen molar-refractivity contribution in [2.24, 2.45) is 0 Å². The fourth-order valence-corrected chi connectivity index (χ4v) is 4.20. The largest absolute Gasteiger partial charge is 0.741 e. The van der Waals surface area contributed by atoms with Crippen molar-refractivity contribution in [1.82, 2.24) is 0 Å². The minimum Gasteiger partial charge on any atom is -0.741 e. The highest BCUT2D eigenvalue weighted by atomic mass is 32.2. The average molecular weight is 593 g/mol. The Hall–Kier alpha value is -4.87. The Balaban J connectivity index is 0.000000446. The number of benzene rings is 4. The van der Waals surface area contributed by atoms with Gasteiger partial charge in [0.05, 0.1) is 4.92 Å². The number of nitro groups is 1. The van der Waals surface area contributed by atoms with Gasteiger partial charge in [-0.3, -0.25) is 10.1 Å². The minimum atomic E-state index is -6.09. The number of rotatable bonds is 6. The first kappa shape index (κ1) is 30.1. The average Bonchev–Trinajstić information content (AvgIpc) is 2.98. The van der Waals surface area contributed by atoms with E-state index in [2.05, 4.69) is 53.1 Å². The molecular weight excluding hydrogens is 569 g/mol. The van der Waals surface area contributed by atoms with Crippen molar-refractivity contribution in [3.8, 4) is 33.6 Å². The first-order valence-corrected chi connectivity index (χ1v) is 13.8. The standard InChI is InChI=1S/C30H23N2O2.CHF3O3S/c33-32(34)28-18-16-26(17-19-28)30-21-27(24-12-6-2-7-13-24)20-29(25-14-8-3-9-15-25)31(30)22-23-10-4-1-5-11-23;2-1(3,4)8(5,6)7/h1-21H,22H2;(H,5,6,7)/q+1;/p-1. The molecule has 4 aromatic carbocycles. The highest BCUT2D eigenvalue weighted by Crippen LogP contribution is 2.30. The van der Waals surface area contributed by atoms with Crippen molar-refractivity contribution >= 4 is 15.8 Å². The van der Waals surface area contributed by atoms with E-state index >= 15 is 0 Å². The van der Waals surface area contributed by atoms with Crippen molar-refractivity contribution in [2.75, 3.05) is 0 Å². The van der Waals surface area contributed by atoms with Gasteiger partial charge in [-0.15, -0.1) is 0 Å². The lowest BCUT2D eigenvalue weighted by Gasteiger charge is -2.13. The zero-order valence-electron chi connectivity index (χ0n) is 21.8. The molecule has 1 aromatic heterocycles. The summed E-state index contributed by atoms with van der Waals surface area (Å²) >= 11 is 0. The summed E-state index contributed by atoms with van der Waals surface area (Å²) in [7, 11) is -6.09. The Morgan fingerprint density at radius 3 is 1.48 bits per heavy atom. The second kappa shape index (κ2) is 12.8. The number of non-ortho nitro benzene ring substituents is 1. The lowest BCUT2D eigenvalue weighted by molar-refractivity contribution is -0.666. The van der Waals surface area contributed by atoms with Crippen molar-refractivity contribution in [3.63, 3.8) is 0 Å². The number of aromatic nitrogens is 1. The molecule has 42 heavy (non-hydrogen) atoms. The summed E-state index contributed by atoms with van der Waals surface area (Å²) in [5, 5.41) is 11.2. The van der Waals surface area contributed by atoms with Crippen LogP contribution in [0.25, 0.3) is 33.6 Å². The SMILES string of the molecule is O=S(=O)([O-])C(F)(F)F.O=[N+]([O-])c1ccc(-c2cc(-c3ccccc3)cc(-c3ccccc3)[n+]2Cc2ccccc2)cc1. The molecule has 0 saturated carbocycles. The Morgan fingerprint density at radius 2 is 1.05 bits per heavy atom. The maximum atomic E-state index is 11.2. The molecule has 214 valence electrons. The van der Waals surface area contributed by atoms with E-state index in [0.717, 1.165) is 33.6 Å². The molecule has 0 radical (unpaired) electrons. The topological polar surface area (TPSA) is 104 Å². The van der Waals surface area contributed by atoms with Crippen LogP contribution in [0.3, 0.4) is 0 Å². The van der Waals surface area contributed by atoms with Crippen LogP contribution in [0, 0.1) is 10.1 Å². The third kappa shape index (κ3) is 7.45. The second-order valence-corrected chi connectivity index (χ2v) is 10.4. The molecule has 0 aliphatic heterocycles. The van der Waals surface area contributed by atoms with E-state index in [0.29, 0.717) is 6.54 Å². The zero-order valence-corrected chi connectivity index (χ0v) is 22.6. The van der Waals surface area contributed by atoms with Crippen molar-refractivity contribution in [3.05, 3.63) is 143 Å². The van der Waals surface area contributed by atoms with Crippen LogP contribution in [0.4, 0.5) is 18.9 Å². The minimum absolute atomic E-state index is 0.0841. The molecule has 0 aliphatic rings.